The smallest absolute Gasteiger partial charge is 0.210 e. The molecule has 0 spiro atoms. The van der Waals surface area contributed by atoms with Crippen molar-refractivity contribution in [1.29, 1.82) is 5.26 Å². The SMILES string of the molecule is Cc1ccnc(NCCS(N)(=O)=O)c1C#N. The lowest BCUT2D eigenvalue weighted by atomic mass is 10.1. The standard InChI is InChI=1S/C9H12N4O2S/c1-7-2-3-12-9(8(7)6-10)13-4-5-16(11,14)15/h2-3H,4-5H2,1H3,(H,12,13)(H2,11,14,15). The molecule has 1 rings (SSSR count). The molecule has 3 N–H and O–H groups in total. The molecule has 16 heavy (non-hydrogen) atoms. The molecule has 0 aliphatic heterocycles. The number of pyridine rings is 1. The van der Waals surface area contributed by atoms with E-state index in [2.05, 4.69) is 10.3 Å². The van der Waals surface area contributed by atoms with Crippen molar-refractivity contribution in [2.24, 2.45) is 5.14 Å². The predicted octanol–water partition coefficient (Wildman–Crippen LogP) is -0.0379. The summed E-state index contributed by atoms with van der Waals surface area (Å²) in [5.41, 5.74) is 1.20. The molecule has 1 aromatic rings. The van der Waals surface area contributed by atoms with E-state index in [1.165, 1.54) is 0 Å². The van der Waals surface area contributed by atoms with Gasteiger partial charge in [0.15, 0.2) is 0 Å². The zero-order chi connectivity index (χ0) is 12.2. The average Bonchev–Trinajstić information content (AvgIpc) is 2.16. The minimum atomic E-state index is -3.50. The van der Waals surface area contributed by atoms with Crippen LogP contribution in [0.4, 0.5) is 5.82 Å². The molecule has 1 aromatic heterocycles. The Hall–Kier alpha value is -1.65. The van der Waals surface area contributed by atoms with Crippen molar-refractivity contribution in [3.63, 3.8) is 0 Å². The number of nitrogens with two attached hydrogens (primary N) is 1. The van der Waals surface area contributed by atoms with Crippen LogP contribution in [0.15, 0.2) is 12.3 Å². The number of rotatable bonds is 4. The van der Waals surface area contributed by atoms with Crippen LogP contribution in [-0.4, -0.2) is 25.7 Å². The number of aromatic nitrogens is 1. The van der Waals surface area contributed by atoms with Crippen molar-refractivity contribution in [3.8, 4) is 6.07 Å². The average molecular weight is 240 g/mol. The maximum Gasteiger partial charge on any atom is 0.210 e. The summed E-state index contributed by atoms with van der Waals surface area (Å²) in [7, 11) is -3.50. The lowest BCUT2D eigenvalue weighted by Gasteiger charge is -2.07. The van der Waals surface area contributed by atoms with Gasteiger partial charge in [-0.1, -0.05) is 0 Å². The summed E-state index contributed by atoms with van der Waals surface area (Å²) in [4.78, 5) is 3.96. The minimum Gasteiger partial charge on any atom is -0.368 e. The molecule has 6 nitrogen and oxygen atoms in total. The summed E-state index contributed by atoms with van der Waals surface area (Å²) in [6, 6.07) is 3.72. The Balaban J connectivity index is 2.76. The number of sulfonamides is 1. The maximum atomic E-state index is 10.7. The second kappa shape index (κ2) is 4.92. The molecule has 0 aromatic carbocycles. The zero-order valence-electron chi connectivity index (χ0n) is 8.77. The van der Waals surface area contributed by atoms with Crippen LogP contribution in [0.3, 0.4) is 0 Å². The Morgan fingerprint density at radius 3 is 2.88 bits per heavy atom. The molecule has 0 saturated carbocycles. The second-order valence-electron chi connectivity index (χ2n) is 3.26. The quantitative estimate of drug-likeness (QED) is 0.767. The summed E-state index contributed by atoms with van der Waals surface area (Å²) in [6.45, 7) is 1.91. The van der Waals surface area contributed by atoms with Gasteiger partial charge in [-0.3, -0.25) is 0 Å². The van der Waals surface area contributed by atoms with Gasteiger partial charge >= 0.3 is 0 Å². The number of nitrogens with zero attached hydrogens (tertiary/aromatic N) is 2. The number of aryl methyl sites for hydroxylation is 1. The highest BCUT2D eigenvalue weighted by Gasteiger charge is 2.07. The lowest BCUT2D eigenvalue weighted by Crippen LogP contribution is -2.22. The van der Waals surface area contributed by atoms with E-state index in [9.17, 15) is 8.42 Å². The van der Waals surface area contributed by atoms with Gasteiger partial charge in [0, 0.05) is 12.7 Å². The maximum absolute atomic E-state index is 10.7. The molecule has 0 atom stereocenters. The van der Waals surface area contributed by atoms with E-state index < -0.39 is 10.0 Å². The molecule has 86 valence electrons. The summed E-state index contributed by atoms with van der Waals surface area (Å²) in [6.07, 6.45) is 1.55. The summed E-state index contributed by atoms with van der Waals surface area (Å²) in [5.74, 6) is 0.180. The van der Waals surface area contributed by atoms with E-state index in [0.717, 1.165) is 5.56 Å². The van der Waals surface area contributed by atoms with Crippen molar-refractivity contribution in [1.82, 2.24) is 4.98 Å². The molecule has 0 radical (unpaired) electrons. The van der Waals surface area contributed by atoms with Gasteiger partial charge in [-0.15, -0.1) is 0 Å². The molecule has 0 aliphatic rings. The highest BCUT2D eigenvalue weighted by molar-refractivity contribution is 7.89. The van der Waals surface area contributed by atoms with Gasteiger partial charge < -0.3 is 5.32 Å². The summed E-state index contributed by atoms with van der Waals surface area (Å²) < 4.78 is 21.4. The zero-order valence-corrected chi connectivity index (χ0v) is 9.58. The fourth-order valence-electron chi connectivity index (χ4n) is 1.15. The van der Waals surface area contributed by atoms with Crippen LogP contribution in [0.2, 0.25) is 0 Å². The molecular formula is C9H12N4O2S. The van der Waals surface area contributed by atoms with Crippen molar-refractivity contribution < 1.29 is 8.42 Å². The first kappa shape index (κ1) is 12.4. The molecule has 0 amide bonds. The normalized spacial score (nSPS) is 10.8. The molecule has 0 saturated heterocycles. The fraction of sp³-hybridized carbons (Fsp3) is 0.333. The lowest BCUT2D eigenvalue weighted by molar-refractivity contribution is 0.598. The predicted molar refractivity (Wildman–Crippen MR) is 60.2 cm³/mol. The van der Waals surface area contributed by atoms with Crippen LogP contribution >= 0.6 is 0 Å². The van der Waals surface area contributed by atoms with Crippen molar-refractivity contribution in [3.05, 3.63) is 23.4 Å². The first-order valence-electron chi connectivity index (χ1n) is 4.54. The van der Waals surface area contributed by atoms with Crippen LogP contribution in [0, 0.1) is 18.3 Å². The summed E-state index contributed by atoms with van der Waals surface area (Å²) in [5, 5.41) is 16.5. The minimum absolute atomic E-state index is 0.129. The number of hydrogen-bond donors (Lipinski definition) is 2. The van der Waals surface area contributed by atoms with E-state index in [1.807, 2.05) is 6.07 Å². The van der Waals surface area contributed by atoms with E-state index in [4.69, 9.17) is 10.4 Å². The third-order valence-electron chi connectivity index (χ3n) is 1.95. The van der Waals surface area contributed by atoms with E-state index in [1.54, 1.807) is 19.2 Å². The fourth-order valence-corrected chi connectivity index (χ4v) is 1.53. The van der Waals surface area contributed by atoms with Crippen LogP contribution in [0.1, 0.15) is 11.1 Å². The number of anilines is 1. The third-order valence-corrected chi connectivity index (χ3v) is 2.72. The van der Waals surface area contributed by atoms with Crippen molar-refractivity contribution in [2.75, 3.05) is 17.6 Å². The van der Waals surface area contributed by atoms with Gasteiger partial charge in [0.1, 0.15) is 11.9 Å². The van der Waals surface area contributed by atoms with Crippen molar-refractivity contribution >= 4 is 15.8 Å². The number of nitriles is 1. The third kappa shape index (κ3) is 3.49. The van der Waals surface area contributed by atoms with E-state index >= 15 is 0 Å². The van der Waals surface area contributed by atoms with Crippen molar-refractivity contribution in [2.45, 2.75) is 6.92 Å². The largest absolute Gasteiger partial charge is 0.368 e. The van der Waals surface area contributed by atoms with E-state index in [-0.39, 0.29) is 12.3 Å². The van der Waals surface area contributed by atoms with Crippen LogP contribution in [-0.2, 0) is 10.0 Å². The van der Waals surface area contributed by atoms with Gasteiger partial charge in [0.05, 0.1) is 11.3 Å². The topological polar surface area (TPSA) is 109 Å². The Labute approximate surface area is 94.2 Å². The summed E-state index contributed by atoms with van der Waals surface area (Å²) >= 11 is 0. The first-order valence-corrected chi connectivity index (χ1v) is 6.25. The van der Waals surface area contributed by atoms with Crippen LogP contribution < -0.4 is 10.5 Å². The molecule has 1 heterocycles. The van der Waals surface area contributed by atoms with Crippen LogP contribution in [0.5, 0.6) is 0 Å². The molecule has 0 unspecified atom stereocenters. The van der Waals surface area contributed by atoms with Gasteiger partial charge in [-0.25, -0.2) is 18.5 Å². The Morgan fingerprint density at radius 2 is 2.31 bits per heavy atom. The Kier molecular flexibility index (Phi) is 3.82. The second-order valence-corrected chi connectivity index (χ2v) is 4.99. The Morgan fingerprint density at radius 1 is 1.62 bits per heavy atom. The highest BCUT2D eigenvalue weighted by Crippen LogP contribution is 2.14. The van der Waals surface area contributed by atoms with Gasteiger partial charge in [0.25, 0.3) is 0 Å². The monoisotopic (exact) mass is 240 g/mol. The number of nitrogens with one attached hydrogen (secondary N) is 1. The highest BCUT2D eigenvalue weighted by atomic mass is 32.2. The molecule has 0 bridgehead atoms. The molecule has 0 fully saturated rings. The van der Waals surface area contributed by atoms with Crippen LogP contribution in [0.25, 0.3) is 0 Å². The van der Waals surface area contributed by atoms with Gasteiger partial charge in [-0.2, -0.15) is 5.26 Å². The molecule has 7 heteroatoms. The van der Waals surface area contributed by atoms with Gasteiger partial charge in [0.2, 0.25) is 10.0 Å². The number of hydrogen-bond acceptors (Lipinski definition) is 5. The van der Waals surface area contributed by atoms with Gasteiger partial charge in [-0.05, 0) is 18.6 Å². The van der Waals surface area contributed by atoms with E-state index in [0.29, 0.717) is 11.4 Å². The molecular weight excluding hydrogens is 228 g/mol. The number of primary sulfonamides is 1. The molecule has 0 aliphatic carbocycles. The first-order chi connectivity index (χ1) is 7.44. The Bertz CT molecular complexity index is 519.